The summed E-state index contributed by atoms with van der Waals surface area (Å²) >= 11 is 0. The van der Waals surface area contributed by atoms with Crippen molar-refractivity contribution >= 4 is 5.97 Å². The minimum Gasteiger partial charge on any atom is -0.481 e. The highest BCUT2D eigenvalue weighted by atomic mass is 16.4. The average Bonchev–Trinajstić information content (AvgIpc) is 2.04. The third-order valence-electron chi connectivity index (χ3n) is 3.96. The van der Waals surface area contributed by atoms with Crippen molar-refractivity contribution in [3.05, 3.63) is 0 Å². The maximum absolute atomic E-state index is 10.9. The van der Waals surface area contributed by atoms with Gasteiger partial charge in [-0.1, -0.05) is 6.92 Å². The normalized spacial score (nSPS) is 46.1. The lowest BCUT2D eigenvalue weighted by atomic mass is 9.56. The molecule has 3 rings (SSSR count). The molecule has 0 spiro atoms. The number of carbonyl (C=O) groups is 1. The van der Waals surface area contributed by atoms with E-state index in [4.69, 9.17) is 5.11 Å². The number of carboxylic acid groups (broad SMARTS) is 1. The van der Waals surface area contributed by atoms with E-state index in [1.54, 1.807) is 0 Å². The van der Waals surface area contributed by atoms with Gasteiger partial charge in [-0.25, -0.2) is 0 Å². The summed E-state index contributed by atoms with van der Waals surface area (Å²) in [5.74, 6) is 0.0971. The van der Waals surface area contributed by atoms with Crippen LogP contribution in [0.25, 0.3) is 0 Å². The van der Waals surface area contributed by atoms with Crippen molar-refractivity contribution in [2.24, 2.45) is 17.3 Å². The molecule has 0 amide bonds. The minimum atomic E-state index is -0.568. The van der Waals surface area contributed by atoms with Gasteiger partial charge in [0.1, 0.15) is 0 Å². The van der Waals surface area contributed by atoms with Crippen LogP contribution in [-0.2, 0) is 4.79 Å². The summed E-state index contributed by atoms with van der Waals surface area (Å²) in [6.07, 6.45) is 5.73. The summed E-state index contributed by atoms with van der Waals surface area (Å²) < 4.78 is 0. The fourth-order valence-corrected chi connectivity index (χ4v) is 2.94. The van der Waals surface area contributed by atoms with Crippen molar-refractivity contribution in [2.75, 3.05) is 0 Å². The SMILES string of the molecule is CC12CCC(CC1)C[C@H]2C(=O)O. The quantitative estimate of drug-likeness (QED) is 0.652. The molecule has 2 heteroatoms. The lowest BCUT2D eigenvalue weighted by molar-refractivity contribution is -0.152. The highest BCUT2D eigenvalue weighted by molar-refractivity contribution is 5.71. The summed E-state index contributed by atoms with van der Waals surface area (Å²) in [6, 6.07) is 0. The first kappa shape index (κ1) is 8.09. The first-order chi connectivity index (χ1) is 5.62. The number of aliphatic carboxylic acids is 1. The van der Waals surface area contributed by atoms with Crippen molar-refractivity contribution in [2.45, 2.75) is 39.0 Å². The Hall–Kier alpha value is -0.530. The molecule has 0 saturated heterocycles. The predicted octanol–water partition coefficient (Wildman–Crippen LogP) is 2.29. The number of fused-ring (bicyclic) bond motifs is 3. The third-order valence-corrected chi connectivity index (χ3v) is 3.96. The van der Waals surface area contributed by atoms with E-state index < -0.39 is 5.97 Å². The lowest BCUT2D eigenvalue weighted by Gasteiger charge is -2.48. The van der Waals surface area contributed by atoms with Crippen LogP contribution in [0.4, 0.5) is 0 Å². The summed E-state index contributed by atoms with van der Waals surface area (Å²) in [7, 11) is 0. The molecule has 2 bridgehead atoms. The second kappa shape index (κ2) is 2.48. The molecular weight excluding hydrogens is 152 g/mol. The Bertz CT molecular complexity index is 202. The van der Waals surface area contributed by atoms with Gasteiger partial charge in [0.15, 0.2) is 0 Å². The molecule has 1 N–H and O–H groups in total. The fraction of sp³-hybridized carbons (Fsp3) is 0.900. The van der Waals surface area contributed by atoms with E-state index in [1.807, 2.05) is 0 Å². The molecule has 0 aliphatic heterocycles. The Morgan fingerprint density at radius 2 is 2.00 bits per heavy atom. The van der Waals surface area contributed by atoms with Gasteiger partial charge in [0, 0.05) is 0 Å². The van der Waals surface area contributed by atoms with Crippen LogP contribution in [0.5, 0.6) is 0 Å². The predicted molar refractivity (Wildman–Crippen MR) is 45.8 cm³/mol. The van der Waals surface area contributed by atoms with Gasteiger partial charge in [-0.2, -0.15) is 0 Å². The molecule has 1 atom stereocenters. The van der Waals surface area contributed by atoms with Gasteiger partial charge in [-0.3, -0.25) is 4.79 Å². The maximum atomic E-state index is 10.9. The molecule has 0 aromatic heterocycles. The smallest absolute Gasteiger partial charge is 0.307 e. The molecule has 3 saturated carbocycles. The van der Waals surface area contributed by atoms with Gasteiger partial charge in [0.05, 0.1) is 5.92 Å². The highest BCUT2D eigenvalue weighted by Crippen LogP contribution is 2.53. The Kier molecular flexibility index (Phi) is 1.67. The van der Waals surface area contributed by atoms with E-state index in [-0.39, 0.29) is 11.3 Å². The summed E-state index contributed by atoms with van der Waals surface area (Å²) in [5, 5.41) is 9.03. The number of carboxylic acids is 1. The van der Waals surface area contributed by atoms with E-state index in [9.17, 15) is 4.79 Å². The molecular formula is C10H16O2. The molecule has 3 aliphatic rings. The molecule has 0 aromatic rings. The van der Waals surface area contributed by atoms with E-state index in [0.717, 1.165) is 19.3 Å². The van der Waals surface area contributed by atoms with Crippen LogP contribution < -0.4 is 0 Å². The van der Waals surface area contributed by atoms with Crippen LogP contribution in [0.1, 0.15) is 39.0 Å². The van der Waals surface area contributed by atoms with Crippen LogP contribution in [-0.4, -0.2) is 11.1 Å². The van der Waals surface area contributed by atoms with Crippen LogP contribution in [0, 0.1) is 17.3 Å². The average molecular weight is 168 g/mol. The molecule has 0 heterocycles. The lowest BCUT2D eigenvalue weighted by Crippen LogP contribution is -2.43. The van der Waals surface area contributed by atoms with Crippen molar-refractivity contribution in [3.8, 4) is 0 Å². The van der Waals surface area contributed by atoms with Crippen LogP contribution >= 0.6 is 0 Å². The van der Waals surface area contributed by atoms with Crippen molar-refractivity contribution in [1.29, 1.82) is 0 Å². The van der Waals surface area contributed by atoms with E-state index >= 15 is 0 Å². The van der Waals surface area contributed by atoms with E-state index in [0.29, 0.717) is 5.92 Å². The van der Waals surface area contributed by atoms with Crippen LogP contribution in [0.3, 0.4) is 0 Å². The highest BCUT2D eigenvalue weighted by Gasteiger charge is 2.47. The minimum absolute atomic E-state index is 0.0509. The van der Waals surface area contributed by atoms with Gasteiger partial charge >= 0.3 is 5.97 Å². The summed E-state index contributed by atoms with van der Waals surface area (Å²) in [5.41, 5.74) is 0.126. The van der Waals surface area contributed by atoms with Gasteiger partial charge in [-0.15, -0.1) is 0 Å². The first-order valence-corrected chi connectivity index (χ1v) is 4.85. The monoisotopic (exact) mass is 168 g/mol. The Morgan fingerprint density at radius 3 is 2.33 bits per heavy atom. The Balaban J connectivity index is 2.20. The van der Waals surface area contributed by atoms with Crippen molar-refractivity contribution in [1.82, 2.24) is 0 Å². The second-order valence-electron chi connectivity index (χ2n) is 4.72. The van der Waals surface area contributed by atoms with Gasteiger partial charge in [-0.05, 0) is 43.4 Å². The fourth-order valence-electron chi connectivity index (χ4n) is 2.94. The number of hydrogen-bond donors (Lipinski definition) is 1. The molecule has 0 unspecified atom stereocenters. The molecule has 12 heavy (non-hydrogen) atoms. The molecule has 3 fully saturated rings. The summed E-state index contributed by atoms with van der Waals surface area (Å²) in [4.78, 5) is 10.9. The third kappa shape index (κ3) is 1.05. The van der Waals surface area contributed by atoms with Gasteiger partial charge < -0.3 is 5.11 Å². The van der Waals surface area contributed by atoms with Gasteiger partial charge in [0.2, 0.25) is 0 Å². The topological polar surface area (TPSA) is 37.3 Å². The zero-order valence-electron chi connectivity index (χ0n) is 7.55. The molecule has 2 nitrogen and oxygen atoms in total. The zero-order chi connectivity index (χ0) is 8.77. The number of hydrogen-bond acceptors (Lipinski definition) is 1. The second-order valence-corrected chi connectivity index (χ2v) is 4.72. The first-order valence-electron chi connectivity index (χ1n) is 4.85. The maximum Gasteiger partial charge on any atom is 0.307 e. The van der Waals surface area contributed by atoms with Crippen LogP contribution in [0.2, 0.25) is 0 Å². The zero-order valence-corrected chi connectivity index (χ0v) is 7.55. The number of rotatable bonds is 1. The molecule has 0 radical (unpaired) electrons. The van der Waals surface area contributed by atoms with Crippen molar-refractivity contribution in [3.63, 3.8) is 0 Å². The largest absolute Gasteiger partial charge is 0.481 e. The van der Waals surface area contributed by atoms with E-state index in [2.05, 4.69) is 6.92 Å². The van der Waals surface area contributed by atoms with Crippen LogP contribution in [0.15, 0.2) is 0 Å². The molecule has 3 aliphatic carbocycles. The molecule has 68 valence electrons. The van der Waals surface area contributed by atoms with Gasteiger partial charge in [0.25, 0.3) is 0 Å². The Labute approximate surface area is 73.0 Å². The van der Waals surface area contributed by atoms with E-state index in [1.165, 1.54) is 12.8 Å². The molecule has 0 aromatic carbocycles. The standard InChI is InChI=1S/C10H16O2/c1-10-4-2-7(3-5-10)6-8(10)9(11)12/h7-8H,2-6H2,1H3,(H,11,12)/t7?,8-,10?/m0/s1. The summed E-state index contributed by atoms with van der Waals surface area (Å²) in [6.45, 7) is 2.15. The van der Waals surface area contributed by atoms with Crippen molar-refractivity contribution < 1.29 is 9.90 Å². The Morgan fingerprint density at radius 1 is 1.42 bits per heavy atom.